The zero-order valence-corrected chi connectivity index (χ0v) is 9.78. The Balaban J connectivity index is 2.13. The molecule has 0 aliphatic carbocycles. The summed E-state index contributed by atoms with van der Waals surface area (Å²) in [6, 6.07) is 10.7. The summed E-state index contributed by atoms with van der Waals surface area (Å²) in [5.74, 6) is -0.980. The standard InChI is InChI=1S/C14H14N2O2/c15-13(14(17)18)8-10-3-5-11(6-4-10)12-2-1-7-16-9-12/h1-7,9,13H,8,15H2,(H,17,18)/t13-/m1/s1. The van der Waals surface area contributed by atoms with Gasteiger partial charge in [-0.3, -0.25) is 9.78 Å². The second-order valence-corrected chi connectivity index (χ2v) is 4.09. The normalized spacial score (nSPS) is 12.1. The third-order valence-corrected chi connectivity index (χ3v) is 2.72. The third kappa shape index (κ3) is 2.93. The van der Waals surface area contributed by atoms with Crippen LogP contribution in [0.4, 0.5) is 0 Å². The predicted octanol–water partition coefficient (Wildman–Crippen LogP) is 1.70. The molecule has 0 amide bonds. The molecular formula is C14H14N2O2. The van der Waals surface area contributed by atoms with Crippen molar-refractivity contribution in [3.05, 3.63) is 54.4 Å². The number of carboxylic acids is 1. The molecule has 0 saturated heterocycles. The minimum atomic E-state index is -0.980. The molecule has 18 heavy (non-hydrogen) atoms. The Labute approximate surface area is 105 Å². The molecule has 1 atom stereocenters. The number of carbonyl (C=O) groups is 1. The van der Waals surface area contributed by atoms with Crippen molar-refractivity contribution in [3.8, 4) is 11.1 Å². The second kappa shape index (κ2) is 5.42. The summed E-state index contributed by atoms with van der Waals surface area (Å²) in [6.07, 6.45) is 3.85. The van der Waals surface area contributed by atoms with Gasteiger partial charge in [0.2, 0.25) is 0 Å². The van der Waals surface area contributed by atoms with Gasteiger partial charge in [-0.15, -0.1) is 0 Å². The number of pyridine rings is 1. The molecule has 0 aliphatic rings. The molecule has 0 saturated carbocycles. The van der Waals surface area contributed by atoms with E-state index in [1.807, 2.05) is 36.4 Å². The summed E-state index contributed by atoms with van der Waals surface area (Å²) in [4.78, 5) is 14.7. The molecule has 4 heteroatoms. The average Bonchev–Trinajstić information content (AvgIpc) is 2.40. The molecule has 4 nitrogen and oxygen atoms in total. The van der Waals surface area contributed by atoms with Crippen LogP contribution in [0.15, 0.2) is 48.8 Å². The predicted molar refractivity (Wildman–Crippen MR) is 69.0 cm³/mol. The summed E-state index contributed by atoms with van der Waals surface area (Å²) in [5, 5.41) is 8.74. The van der Waals surface area contributed by atoms with E-state index < -0.39 is 12.0 Å². The number of aromatic nitrogens is 1. The van der Waals surface area contributed by atoms with Gasteiger partial charge < -0.3 is 10.8 Å². The van der Waals surface area contributed by atoms with Gasteiger partial charge in [-0.05, 0) is 29.2 Å². The van der Waals surface area contributed by atoms with Crippen LogP contribution in [0.3, 0.4) is 0 Å². The molecule has 0 aliphatic heterocycles. The molecule has 1 heterocycles. The fraction of sp³-hybridized carbons (Fsp3) is 0.143. The van der Waals surface area contributed by atoms with Gasteiger partial charge in [-0.25, -0.2) is 0 Å². The lowest BCUT2D eigenvalue weighted by Crippen LogP contribution is -2.32. The minimum Gasteiger partial charge on any atom is -0.480 e. The Morgan fingerprint density at radius 2 is 1.94 bits per heavy atom. The van der Waals surface area contributed by atoms with E-state index in [1.54, 1.807) is 12.4 Å². The summed E-state index contributed by atoms with van der Waals surface area (Å²) in [7, 11) is 0. The molecule has 2 aromatic rings. The average molecular weight is 242 g/mol. The highest BCUT2D eigenvalue weighted by atomic mass is 16.4. The van der Waals surface area contributed by atoms with Crippen molar-refractivity contribution in [2.75, 3.05) is 0 Å². The van der Waals surface area contributed by atoms with E-state index in [2.05, 4.69) is 4.98 Å². The van der Waals surface area contributed by atoms with Crippen molar-refractivity contribution in [3.63, 3.8) is 0 Å². The maximum absolute atomic E-state index is 10.7. The van der Waals surface area contributed by atoms with E-state index in [0.717, 1.165) is 16.7 Å². The van der Waals surface area contributed by atoms with E-state index >= 15 is 0 Å². The molecule has 2 rings (SSSR count). The highest BCUT2D eigenvalue weighted by molar-refractivity contribution is 5.73. The highest BCUT2D eigenvalue weighted by Crippen LogP contribution is 2.18. The maximum Gasteiger partial charge on any atom is 0.320 e. The Bertz CT molecular complexity index is 523. The summed E-state index contributed by atoms with van der Waals surface area (Å²) in [5.41, 5.74) is 8.49. The van der Waals surface area contributed by atoms with E-state index in [9.17, 15) is 4.79 Å². The number of hydrogen-bond acceptors (Lipinski definition) is 3. The number of nitrogens with two attached hydrogens (primary N) is 1. The van der Waals surface area contributed by atoms with Gasteiger partial charge in [0.15, 0.2) is 0 Å². The van der Waals surface area contributed by atoms with Crippen molar-refractivity contribution in [2.45, 2.75) is 12.5 Å². The van der Waals surface area contributed by atoms with Gasteiger partial charge in [0, 0.05) is 12.4 Å². The zero-order chi connectivity index (χ0) is 13.0. The zero-order valence-electron chi connectivity index (χ0n) is 9.78. The molecule has 92 valence electrons. The first-order valence-electron chi connectivity index (χ1n) is 5.64. The molecule has 0 radical (unpaired) electrons. The number of hydrogen-bond donors (Lipinski definition) is 2. The van der Waals surface area contributed by atoms with E-state index in [0.29, 0.717) is 6.42 Å². The SMILES string of the molecule is N[C@H](Cc1ccc(-c2cccnc2)cc1)C(=O)O. The van der Waals surface area contributed by atoms with Crippen molar-refractivity contribution < 1.29 is 9.90 Å². The lowest BCUT2D eigenvalue weighted by Gasteiger charge is -2.07. The van der Waals surface area contributed by atoms with Crippen LogP contribution >= 0.6 is 0 Å². The van der Waals surface area contributed by atoms with Crippen molar-refractivity contribution >= 4 is 5.97 Å². The molecule has 0 bridgehead atoms. The monoisotopic (exact) mass is 242 g/mol. The van der Waals surface area contributed by atoms with Gasteiger partial charge in [0.25, 0.3) is 0 Å². The lowest BCUT2D eigenvalue weighted by atomic mass is 10.0. The smallest absolute Gasteiger partial charge is 0.320 e. The Kier molecular flexibility index (Phi) is 3.69. The van der Waals surface area contributed by atoms with Gasteiger partial charge in [0.1, 0.15) is 6.04 Å². The van der Waals surface area contributed by atoms with Crippen LogP contribution in [0.2, 0.25) is 0 Å². The third-order valence-electron chi connectivity index (χ3n) is 2.72. The molecule has 0 fully saturated rings. The Morgan fingerprint density at radius 3 is 2.50 bits per heavy atom. The van der Waals surface area contributed by atoms with Crippen LogP contribution in [0, 0.1) is 0 Å². The first-order chi connectivity index (χ1) is 8.66. The Morgan fingerprint density at radius 1 is 1.22 bits per heavy atom. The number of carboxylic acid groups (broad SMARTS) is 1. The fourth-order valence-electron chi connectivity index (χ4n) is 1.71. The lowest BCUT2D eigenvalue weighted by molar-refractivity contribution is -0.138. The molecule has 0 spiro atoms. The van der Waals surface area contributed by atoms with E-state index in [4.69, 9.17) is 10.8 Å². The largest absolute Gasteiger partial charge is 0.480 e. The molecule has 3 N–H and O–H groups in total. The van der Waals surface area contributed by atoms with Crippen LogP contribution in [0.5, 0.6) is 0 Å². The number of rotatable bonds is 4. The molecule has 1 aromatic heterocycles. The van der Waals surface area contributed by atoms with Crippen LogP contribution in [-0.4, -0.2) is 22.1 Å². The minimum absolute atomic E-state index is 0.336. The molecular weight excluding hydrogens is 228 g/mol. The fourth-order valence-corrected chi connectivity index (χ4v) is 1.71. The van der Waals surface area contributed by atoms with Crippen LogP contribution in [0.1, 0.15) is 5.56 Å². The molecule has 0 unspecified atom stereocenters. The van der Waals surface area contributed by atoms with Crippen molar-refractivity contribution in [1.82, 2.24) is 4.98 Å². The van der Waals surface area contributed by atoms with Crippen LogP contribution in [-0.2, 0) is 11.2 Å². The van der Waals surface area contributed by atoms with Crippen LogP contribution < -0.4 is 5.73 Å². The Hall–Kier alpha value is -2.20. The number of nitrogens with zero attached hydrogens (tertiary/aromatic N) is 1. The van der Waals surface area contributed by atoms with Gasteiger partial charge in [-0.2, -0.15) is 0 Å². The van der Waals surface area contributed by atoms with Crippen molar-refractivity contribution in [2.24, 2.45) is 5.73 Å². The topological polar surface area (TPSA) is 76.2 Å². The summed E-state index contributed by atoms with van der Waals surface area (Å²) in [6.45, 7) is 0. The van der Waals surface area contributed by atoms with Gasteiger partial charge in [-0.1, -0.05) is 30.3 Å². The second-order valence-electron chi connectivity index (χ2n) is 4.09. The highest BCUT2D eigenvalue weighted by Gasteiger charge is 2.11. The quantitative estimate of drug-likeness (QED) is 0.855. The number of aliphatic carboxylic acids is 1. The van der Waals surface area contributed by atoms with Gasteiger partial charge >= 0.3 is 5.97 Å². The first kappa shape index (κ1) is 12.3. The number of benzene rings is 1. The maximum atomic E-state index is 10.7. The first-order valence-corrected chi connectivity index (χ1v) is 5.64. The molecule has 1 aromatic carbocycles. The van der Waals surface area contributed by atoms with Gasteiger partial charge in [0.05, 0.1) is 0 Å². The van der Waals surface area contributed by atoms with Crippen molar-refractivity contribution in [1.29, 1.82) is 0 Å². The summed E-state index contributed by atoms with van der Waals surface area (Å²) >= 11 is 0. The van der Waals surface area contributed by atoms with E-state index in [1.165, 1.54) is 0 Å². The van der Waals surface area contributed by atoms with E-state index in [-0.39, 0.29) is 0 Å². The summed E-state index contributed by atoms with van der Waals surface area (Å²) < 4.78 is 0. The van der Waals surface area contributed by atoms with Crippen LogP contribution in [0.25, 0.3) is 11.1 Å².